The Bertz CT molecular complexity index is 452. The van der Waals surface area contributed by atoms with E-state index in [0.29, 0.717) is 18.7 Å². The van der Waals surface area contributed by atoms with Crippen LogP contribution in [0, 0.1) is 0 Å². The average Bonchev–Trinajstić information content (AvgIpc) is 3.01. The Morgan fingerprint density at radius 3 is 3.10 bits per heavy atom. The van der Waals surface area contributed by atoms with Crippen molar-refractivity contribution in [1.29, 1.82) is 0 Å². The highest BCUT2D eigenvalue weighted by atomic mass is 16.5. The molecule has 3 rings (SSSR count). The second kappa shape index (κ2) is 7.25. The Balaban J connectivity index is 1.43. The van der Waals surface area contributed by atoms with Crippen LogP contribution in [0.1, 0.15) is 31.2 Å². The lowest BCUT2D eigenvalue weighted by Gasteiger charge is -2.37. The monoisotopic (exact) mass is 290 g/mol. The van der Waals surface area contributed by atoms with E-state index >= 15 is 0 Å². The third-order valence-corrected chi connectivity index (χ3v) is 4.64. The van der Waals surface area contributed by atoms with Gasteiger partial charge in [-0.1, -0.05) is 18.2 Å². The van der Waals surface area contributed by atoms with Crippen molar-refractivity contribution in [1.82, 2.24) is 4.90 Å². The predicted molar refractivity (Wildman–Crippen MR) is 83.4 cm³/mol. The van der Waals surface area contributed by atoms with Gasteiger partial charge in [0.2, 0.25) is 0 Å². The summed E-state index contributed by atoms with van der Waals surface area (Å²) in [6.45, 7) is 4.35. The summed E-state index contributed by atoms with van der Waals surface area (Å²) in [6.07, 6.45) is 5.38. The number of hydrogen-bond donors (Lipinski definition) is 1. The zero-order chi connectivity index (χ0) is 14.5. The van der Waals surface area contributed by atoms with Gasteiger partial charge in [-0.25, -0.2) is 0 Å². The molecule has 4 heteroatoms. The highest BCUT2D eigenvalue weighted by Crippen LogP contribution is 2.29. The van der Waals surface area contributed by atoms with E-state index in [1.54, 1.807) is 0 Å². The van der Waals surface area contributed by atoms with E-state index < -0.39 is 0 Å². The third-order valence-electron chi connectivity index (χ3n) is 4.64. The van der Waals surface area contributed by atoms with Gasteiger partial charge in [-0.2, -0.15) is 0 Å². The number of rotatable bonds is 6. The molecule has 1 aromatic rings. The molecule has 0 radical (unpaired) electrons. The Labute approximate surface area is 127 Å². The van der Waals surface area contributed by atoms with Gasteiger partial charge in [-0.05, 0) is 31.7 Å². The van der Waals surface area contributed by atoms with Gasteiger partial charge in [0.1, 0.15) is 5.75 Å². The molecule has 0 amide bonds. The van der Waals surface area contributed by atoms with Crippen LogP contribution in [0.2, 0.25) is 0 Å². The summed E-state index contributed by atoms with van der Waals surface area (Å²) >= 11 is 0. The zero-order valence-corrected chi connectivity index (χ0v) is 12.7. The summed E-state index contributed by atoms with van der Waals surface area (Å²) < 4.78 is 11.7. The van der Waals surface area contributed by atoms with Crippen molar-refractivity contribution >= 4 is 0 Å². The number of para-hydroxylation sites is 1. The standard InChI is InChI=1S/C17H26N2O2/c18-13-14-5-1-2-7-16(14)20-11-4-9-19-10-12-21-17-8-3-6-15(17)19/h1-2,5,7,15,17H,3-4,6,8-13,18H2. The Morgan fingerprint density at radius 2 is 2.19 bits per heavy atom. The smallest absolute Gasteiger partial charge is 0.123 e. The summed E-state index contributed by atoms with van der Waals surface area (Å²) in [5.41, 5.74) is 6.81. The van der Waals surface area contributed by atoms with Gasteiger partial charge in [-0.15, -0.1) is 0 Å². The van der Waals surface area contributed by atoms with Crippen LogP contribution >= 0.6 is 0 Å². The molecule has 1 saturated carbocycles. The Hall–Kier alpha value is -1.10. The van der Waals surface area contributed by atoms with Gasteiger partial charge in [-0.3, -0.25) is 4.90 Å². The molecule has 4 nitrogen and oxygen atoms in total. The van der Waals surface area contributed by atoms with Crippen LogP contribution in [-0.2, 0) is 11.3 Å². The Morgan fingerprint density at radius 1 is 1.29 bits per heavy atom. The molecule has 0 bridgehead atoms. The van der Waals surface area contributed by atoms with Crippen molar-refractivity contribution in [3.8, 4) is 5.75 Å². The Kier molecular flexibility index (Phi) is 5.12. The molecular weight excluding hydrogens is 264 g/mol. The number of morpholine rings is 1. The summed E-state index contributed by atoms with van der Waals surface area (Å²) in [5, 5.41) is 0. The van der Waals surface area contributed by atoms with E-state index in [9.17, 15) is 0 Å². The van der Waals surface area contributed by atoms with E-state index in [-0.39, 0.29) is 0 Å². The van der Waals surface area contributed by atoms with E-state index in [4.69, 9.17) is 15.2 Å². The van der Waals surface area contributed by atoms with Crippen molar-refractivity contribution in [3.05, 3.63) is 29.8 Å². The minimum atomic E-state index is 0.484. The first kappa shape index (κ1) is 14.8. The third kappa shape index (κ3) is 3.57. The molecule has 0 spiro atoms. The summed E-state index contributed by atoms with van der Waals surface area (Å²) in [5.74, 6) is 0.931. The van der Waals surface area contributed by atoms with Crippen LogP contribution in [0.15, 0.2) is 24.3 Å². The number of ether oxygens (including phenoxy) is 2. The number of nitrogens with two attached hydrogens (primary N) is 1. The quantitative estimate of drug-likeness (QED) is 0.816. The van der Waals surface area contributed by atoms with Crippen molar-refractivity contribution in [2.24, 2.45) is 5.73 Å². The summed E-state index contributed by atoms with van der Waals surface area (Å²) in [6, 6.07) is 8.68. The maximum absolute atomic E-state index is 5.89. The van der Waals surface area contributed by atoms with Crippen molar-refractivity contribution in [2.45, 2.75) is 44.4 Å². The van der Waals surface area contributed by atoms with Crippen LogP contribution in [0.4, 0.5) is 0 Å². The maximum atomic E-state index is 5.89. The summed E-state index contributed by atoms with van der Waals surface area (Å²) in [7, 11) is 0. The maximum Gasteiger partial charge on any atom is 0.123 e. The summed E-state index contributed by atoms with van der Waals surface area (Å²) in [4.78, 5) is 2.60. The topological polar surface area (TPSA) is 47.7 Å². The van der Waals surface area contributed by atoms with Crippen molar-refractivity contribution < 1.29 is 9.47 Å². The second-order valence-electron chi connectivity index (χ2n) is 5.96. The van der Waals surface area contributed by atoms with Crippen molar-refractivity contribution in [3.63, 3.8) is 0 Å². The van der Waals surface area contributed by atoms with Crippen LogP contribution in [0.25, 0.3) is 0 Å². The molecule has 2 N–H and O–H groups in total. The first-order chi connectivity index (χ1) is 10.4. The molecule has 1 aliphatic carbocycles. The zero-order valence-electron chi connectivity index (χ0n) is 12.7. The van der Waals surface area contributed by atoms with E-state index in [0.717, 1.165) is 44.0 Å². The molecule has 21 heavy (non-hydrogen) atoms. The average molecular weight is 290 g/mol. The molecule has 1 aliphatic heterocycles. The molecule has 1 saturated heterocycles. The van der Waals surface area contributed by atoms with Crippen LogP contribution in [0.3, 0.4) is 0 Å². The van der Waals surface area contributed by atoms with Crippen LogP contribution in [-0.4, -0.2) is 43.3 Å². The van der Waals surface area contributed by atoms with Crippen LogP contribution < -0.4 is 10.5 Å². The normalized spacial score (nSPS) is 25.8. The van der Waals surface area contributed by atoms with Gasteiger partial charge in [0.05, 0.1) is 19.3 Å². The van der Waals surface area contributed by atoms with Crippen LogP contribution in [0.5, 0.6) is 5.75 Å². The number of hydrogen-bond acceptors (Lipinski definition) is 4. The molecule has 2 fully saturated rings. The van der Waals surface area contributed by atoms with E-state index in [1.807, 2.05) is 24.3 Å². The first-order valence-electron chi connectivity index (χ1n) is 8.15. The van der Waals surface area contributed by atoms with Gasteiger partial charge in [0.15, 0.2) is 0 Å². The SMILES string of the molecule is NCc1ccccc1OCCCN1CCOC2CCCC21. The lowest BCUT2D eigenvalue weighted by atomic mass is 10.1. The highest BCUT2D eigenvalue weighted by molar-refractivity contribution is 5.32. The second-order valence-corrected chi connectivity index (χ2v) is 5.96. The van der Waals surface area contributed by atoms with Crippen molar-refractivity contribution in [2.75, 3.05) is 26.3 Å². The fourth-order valence-corrected chi connectivity index (χ4v) is 3.55. The van der Waals surface area contributed by atoms with Gasteiger partial charge in [0, 0.05) is 31.2 Å². The molecule has 2 atom stereocenters. The molecule has 2 unspecified atom stereocenters. The largest absolute Gasteiger partial charge is 0.493 e. The lowest BCUT2D eigenvalue weighted by molar-refractivity contribution is -0.0564. The molecule has 0 aromatic heterocycles. The van der Waals surface area contributed by atoms with Gasteiger partial charge >= 0.3 is 0 Å². The van der Waals surface area contributed by atoms with Gasteiger partial charge < -0.3 is 15.2 Å². The predicted octanol–water partition coefficient (Wildman–Crippen LogP) is 2.17. The number of benzene rings is 1. The number of nitrogens with zero attached hydrogens (tertiary/aromatic N) is 1. The molecule has 2 aliphatic rings. The molecular formula is C17H26N2O2. The fraction of sp³-hybridized carbons (Fsp3) is 0.647. The molecule has 1 heterocycles. The molecule has 116 valence electrons. The lowest BCUT2D eigenvalue weighted by Crippen LogP contribution is -2.48. The minimum Gasteiger partial charge on any atom is -0.493 e. The highest BCUT2D eigenvalue weighted by Gasteiger charge is 2.35. The number of fused-ring (bicyclic) bond motifs is 1. The fourth-order valence-electron chi connectivity index (χ4n) is 3.55. The first-order valence-corrected chi connectivity index (χ1v) is 8.15. The van der Waals surface area contributed by atoms with E-state index in [2.05, 4.69) is 4.90 Å². The van der Waals surface area contributed by atoms with Gasteiger partial charge in [0.25, 0.3) is 0 Å². The molecule has 1 aromatic carbocycles. The van der Waals surface area contributed by atoms with E-state index in [1.165, 1.54) is 19.3 Å². The minimum absolute atomic E-state index is 0.484.